The second-order valence-corrected chi connectivity index (χ2v) is 12.1. The molecule has 0 bridgehead atoms. The number of aliphatic hydroxyl groups excluding tert-OH is 2. The molecule has 0 saturated carbocycles. The van der Waals surface area contributed by atoms with Gasteiger partial charge in [-0.15, -0.1) is 0 Å². The van der Waals surface area contributed by atoms with E-state index in [4.69, 9.17) is 14.6 Å². The van der Waals surface area contributed by atoms with E-state index in [1.165, 1.54) is 4.31 Å². The molecule has 2 heterocycles. The number of hydrogen-bond acceptors (Lipinski definition) is 7. The van der Waals surface area contributed by atoms with Crippen molar-refractivity contribution in [1.29, 1.82) is 0 Å². The number of piperidine rings is 1. The number of aliphatic hydroxyl groups is 2. The summed E-state index contributed by atoms with van der Waals surface area (Å²) < 4.78 is 37.2. The third-order valence-corrected chi connectivity index (χ3v) is 10.1. The Kier molecular flexibility index (Phi) is 8.55. The minimum Gasteiger partial charge on any atom is -0.491 e. The van der Waals surface area contributed by atoms with Crippen molar-refractivity contribution in [2.24, 2.45) is 0 Å². The van der Waals surface area contributed by atoms with Crippen LogP contribution in [0.5, 0.6) is 5.75 Å². The summed E-state index contributed by atoms with van der Waals surface area (Å²) in [5, 5.41) is 28.3. The summed E-state index contributed by atoms with van der Waals surface area (Å²) in [6.07, 6.45) is 0.262. The van der Waals surface area contributed by atoms with Gasteiger partial charge in [0.05, 0.1) is 6.61 Å². The summed E-state index contributed by atoms with van der Waals surface area (Å²) in [6.45, 7) is 2.53. The van der Waals surface area contributed by atoms with E-state index < -0.39 is 26.8 Å². The van der Waals surface area contributed by atoms with Crippen LogP contribution in [-0.2, 0) is 19.6 Å². The van der Waals surface area contributed by atoms with E-state index in [2.05, 4.69) is 18.2 Å². The second kappa shape index (κ2) is 11.5. The first-order chi connectivity index (χ1) is 17.7. The monoisotopic (exact) mass is 533 g/mol. The zero-order valence-corrected chi connectivity index (χ0v) is 21.8. The first-order valence-electron chi connectivity index (χ1n) is 12.6. The number of sulfonamides is 1. The minimum absolute atomic E-state index is 0.00759. The topological polar surface area (TPSA) is 134 Å². The van der Waals surface area contributed by atoms with Gasteiger partial charge in [0.25, 0.3) is 0 Å². The average Bonchev–Trinajstić information content (AvgIpc) is 2.92. The molecule has 0 aliphatic carbocycles. The molecule has 1 atom stereocenters. The number of carboxylic acids is 1. The Balaban J connectivity index is 1.44. The highest BCUT2D eigenvalue weighted by molar-refractivity contribution is 7.91. The number of ether oxygens (including phenoxy) is 2. The Hall–Kier alpha value is -2.50. The fourth-order valence-corrected chi connectivity index (χ4v) is 7.31. The van der Waals surface area contributed by atoms with E-state index in [1.54, 1.807) is 6.07 Å². The molecule has 3 N–H and O–H groups in total. The molecular weight excluding hydrogens is 498 g/mol. The fraction of sp³-hybridized carbons (Fsp3) is 0.519. The number of hydrogen-bond donors (Lipinski definition) is 3. The van der Waals surface area contributed by atoms with Crippen LogP contribution >= 0.6 is 0 Å². The van der Waals surface area contributed by atoms with Gasteiger partial charge in [0.15, 0.2) is 4.75 Å². The minimum atomic E-state index is -4.01. The molecule has 202 valence electrons. The standard InChI is InChI=1S/C27H35NO8S/c1-19-15-21(5-6-25(19)22-3-2-4-24(16-22)36-18-23(30)17-29)20-7-11-28(12-8-20)37(33,34)27(26(31)32)9-13-35-14-10-27/h2-6,15-16,20,23,29-30H,7-14,17-18H2,1H3,(H,31,32). The van der Waals surface area contributed by atoms with Gasteiger partial charge >= 0.3 is 5.97 Å². The summed E-state index contributed by atoms with van der Waals surface area (Å²) in [7, 11) is -4.01. The van der Waals surface area contributed by atoms with E-state index in [9.17, 15) is 23.4 Å². The van der Waals surface area contributed by atoms with Gasteiger partial charge in [-0.1, -0.05) is 30.3 Å². The maximum Gasteiger partial charge on any atom is 0.326 e. The predicted octanol–water partition coefficient (Wildman–Crippen LogP) is 2.54. The lowest BCUT2D eigenvalue weighted by Gasteiger charge is -2.39. The van der Waals surface area contributed by atoms with Crippen LogP contribution in [0.15, 0.2) is 42.5 Å². The van der Waals surface area contributed by atoms with Gasteiger partial charge in [-0.25, -0.2) is 12.7 Å². The first-order valence-corrected chi connectivity index (χ1v) is 14.1. The number of aryl methyl sites for hydroxylation is 1. The Labute approximate surface area is 217 Å². The van der Waals surface area contributed by atoms with Gasteiger partial charge in [0, 0.05) is 39.1 Å². The number of carboxylic acid groups (broad SMARTS) is 1. The zero-order valence-electron chi connectivity index (χ0n) is 21.0. The number of nitrogens with zero attached hydrogens (tertiary/aromatic N) is 1. The van der Waals surface area contributed by atoms with E-state index in [-0.39, 0.29) is 45.2 Å². The molecule has 0 spiro atoms. The normalized spacial score (nSPS) is 19.9. The molecule has 37 heavy (non-hydrogen) atoms. The van der Waals surface area contributed by atoms with Crippen LogP contribution in [0.1, 0.15) is 42.7 Å². The van der Waals surface area contributed by atoms with E-state index in [1.807, 2.05) is 25.1 Å². The molecule has 2 saturated heterocycles. The van der Waals surface area contributed by atoms with Crippen LogP contribution in [-0.4, -0.2) is 84.4 Å². The Bertz CT molecular complexity index is 1200. The quantitative estimate of drug-likeness (QED) is 0.448. The molecule has 1 unspecified atom stereocenters. The maximum absolute atomic E-state index is 13.4. The van der Waals surface area contributed by atoms with Crippen LogP contribution in [0.2, 0.25) is 0 Å². The smallest absolute Gasteiger partial charge is 0.326 e. The number of aliphatic carboxylic acids is 1. The molecule has 2 aliphatic heterocycles. The van der Waals surface area contributed by atoms with E-state index in [0.717, 1.165) is 22.3 Å². The maximum atomic E-state index is 13.4. The summed E-state index contributed by atoms with van der Waals surface area (Å²) in [5.41, 5.74) is 4.22. The SMILES string of the molecule is Cc1cc(C2CCN(S(=O)(=O)C3(C(=O)O)CCOCC3)CC2)ccc1-c1cccc(OCC(O)CO)c1. The van der Waals surface area contributed by atoms with Gasteiger partial charge in [-0.3, -0.25) is 4.79 Å². The average molecular weight is 534 g/mol. The van der Waals surface area contributed by atoms with Crippen molar-refractivity contribution < 1.29 is 38.0 Å². The van der Waals surface area contributed by atoms with Crippen molar-refractivity contribution in [2.45, 2.75) is 49.4 Å². The van der Waals surface area contributed by atoms with Crippen molar-refractivity contribution in [3.05, 3.63) is 53.6 Å². The molecule has 4 rings (SSSR count). The Morgan fingerprint density at radius 2 is 1.86 bits per heavy atom. The van der Waals surface area contributed by atoms with Crippen LogP contribution in [0.25, 0.3) is 11.1 Å². The van der Waals surface area contributed by atoms with E-state index in [0.29, 0.717) is 31.7 Å². The van der Waals surface area contributed by atoms with Gasteiger partial charge in [0.2, 0.25) is 10.0 Å². The van der Waals surface area contributed by atoms with Crippen LogP contribution in [0.3, 0.4) is 0 Å². The summed E-state index contributed by atoms with van der Waals surface area (Å²) in [6, 6.07) is 13.8. The summed E-state index contributed by atoms with van der Waals surface area (Å²) >= 11 is 0. The van der Waals surface area contributed by atoms with Crippen molar-refractivity contribution in [3.63, 3.8) is 0 Å². The lowest BCUT2D eigenvalue weighted by molar-refractivity contribution is -0.142. The molecule has 10 heteroatoms. The molecule has 2 aromatic rings. The Morgan fingerprint density at radius 1 is 1.16 bits per heavy atom. The zero-order chi connectivity index (χ0) is 26.6. The molecule has 0 radical (unpaired) electrons. The van der Waals surface area contributed by atoms with Gasteiger partial charge < -0.3 is 24.8 Å². The molecule has 9 nitrogen and oxygen atoms in total. The van der Waals surface area contributed by atoms with Crippen LogP contribution in [0.4, 0.5) is 0 Å². The predicted molar refractivity (Wildman–Crippen MR) is 138 cm³/mol. The number of rotatable bonds is 9. The Morgan fingerprint density at radius 3 is 2.49 bits per heavy atom. The largest absolute Gasteiger partial charge is 0.491 e. The third kappa shape index (κ3) is 5.68. The number of benzene rings is 2. The molecule has 0 amide bonds. The second-order valence-electron chi connectivity index (χ2n) is 9.84. The van der Waals surface area contributed by atoms with Crippen molar-refractivity contribution in [1.82, 2.24) is 4.31 Å². The first kappa shape index (κ1) is 27.5. The number of carbonyl (C=O) groups is 1. The van der Waals surface area contributed by atoms with Crippen molar-refractivity contribution in [3.8, 4) is 16.9 Å². The van der Waals surface area contributed by atoms with Gasteiger partial charge in [0.1, 0.15) is 18.5 Å². The van der Waals surface area contributed by atoms with E-state index >= 15 is 0 Å². The lowest BCUT2D eigenvalue weighted by Crippen LogP contribution is -2.57. The fourth-order valence-electron chi connectivity index (χ4n) is 5.22. The van der Waals surface area contributed by atoms with Gasteiger partial charge in [-0.05, 0) is 60.1 Å². The lowest BCUT2D eigenvalue weighted by atomic mass is 9.87. The highest BCUT2D eigenvalue weighted by atomic mass is 32.2. The molecule has 2 aliphatic rings. The molecule has 0 aromatic heterocycles. The highest BCUT2D eigenvalue weighted by Gasteiger charge is 2.54. The summed E-state index contributed by atoms with van der Waals surface area (Å²) in [4.78, 5) is 12.0. The van der Waals surface area contributed by atoms with Crippen molar-refractivity contribution >= 4 is 16.0 Å². The molecule has 2 aromatic carbocycles. The van der Waals surface area contributed by atoms with Crippen molar-refractivity contribution in [2.75, 3.05) is 39.5 Å². The van der Waals surface area contributed by atoms with Crippen LogP contribution in [0, 0.1) is 6.92 Å². The summed E-state index contributed by atoms with van der Waals surface area (Å²) in [5.74, 6) is -0.502. The molecular formula is C27H35NO8S. The van der Waals surface area contributed by atoms with Gasteiger partial charge in [-0.2, -0.15) is 0 Å². The van der Waals surface area contributed by atoms with Crippen LogP contribution < -0.4 is 4.74 Å². The molecule has 2 fully saturated rings. The third-order valence-electron chi connectivity index (χ3n) is 7.50. The highest BCUT2D eigenvalue weighted by Crippen LogP contribution is 2.38.